The number of ether oxygens (including phenoxy) is 2. The summed E-state index contributed by atoms with van der Waals surface area (Å²) >= 11 is 6.46. The fourth-order valence-electron chi connectivity index (χ4n) is 4.53. The molecule has 0 aliphatic heterocycles. The molecule has 0 saturated carbocycles. The van der Waals surface area contributed by atoms with Crippen LogP contribution in [0.25, 0.3) is 0 Å². The maximum atomic E-state index is 14.2. The van der Waals surface area contributed by atoms with E-state index in [-0.39, 0.29) is 23.1 Å². The van der Waals surface area contributed by atoms with E-state index < -0.39 is 34.1 Å². The average molecular weight is 630 g/mol. The third-order valence-corrected chi connectivity index (χ3v) is 8.87. The number of methoxy groups -OCH3 is 2. The van der Waals surface area contributed by atoms with Crippen LogP contribution in [0.3, 0.4) is 0 Å². The van der Waals surface area contributed by atoms with Gasteiger partial charge in [-0.25, -0.2) is 8.42 Å². The van der Waals surface area contributed by atoms with Crippen LogP contribution in [0.5, 0.6) is 11.5 Å². The molecule has 43 heavy (non-hydrogen) atoms. The smallest absolute Gasteiger partial charge is 0.264 e. The lowest BCUT2D eigenvalue weighted by Gasteiger charge is -2.35. The molecule has 9 nitrogen and oxygen atoms in total. The highest BCUT2D eigenvalue weighted by molar-refractivity contribution is 7.92. The van der Waals surface area contributed by atoms with Crippen molar-refractivity contribution < 1.29 is 27.5 Å². The van der Waals surface area contributed by atoms with Gasteiger partial charge in [-0.1, -0.05) is 54.4 Å². The third-order valence-electron chi connectivity index (χ3n) is 6.73. The summed E-state index contributed by atoms with van der Waals surface area (Å²) in [6.07, 6.45) is 0.297. The van der Waals surface area contributed by atoms with Crippen LogP contribution in [0.15, 0.2) is 71.6 Å². The summed E-state index contributed by atoms with van der Waals surface area (Å²) in [7, 11) is -1.42. The number of amides is 2. The molecule has 3 aromatic rings. The first-order chi connectivity index (χ1) is 20.2. The molecule has 0 aromatic heterocycles. The highest BCUT2D eigenvalue weighted by Crippen LogP contribution is 2.32. The summed E-state index contributed by atoms with van der Waals surface area (Å²) in [5.74, 6) is -0.328. The van der Waals surface area contributed by atoms with Gasteiger partial charge in [0.15, 0.2) is 11.5 Å². The number of sulfonamides is 1. The van der Waals surface area contributed by atoms with Gasteiger partial charge in [0.2, 0.25) is 11.8 Å². The maximum Gasteiger partial charge on any atom is 0.264 e. The van der Waals surface area contributed by atoms with Crippen molar-refractivity contribution in [1.29, 1.82) is 0 Å². The minimum Gasteiger partial charge on any atom is -0.493 e. The molecule has 0 fully saturated rings. The Hall–Kier alpha value is -3.76. The van der Waals surface area contributed by atoms with Crippen LogP contribution < -0.4 is 19.1 Å². The predicted molar refractivity (Wildman–Crippen MR) is 169 cm³/mol. The fraction of sp³-hybridized carbons (Fsp3) is 0.375. The average Bonchev–Trinajstić information content (AvgIpc) is 2.95. The maximum absolute atomic E-state index is 14.2. The molecule has 3 rings (SSSR count). The van der Waals surface area contributed by atoms with Crippen molar-refractivity contribution >= 4 is 39.1 Å². The first kappa shape index (κ1) is 33.7. The number of carbonyl (C=O) groups is 2. The Balaban J connectivity index is 2.12. The van der Waals surface area contributed by atoms with Crippen molar-refractivity contribution in [1.82, 2.24) is 10.2 Å². The topological polar surface area (TPSA) is 105 Å². The highest BCUT2D eigenvalue weighted by Gasteiger charge is 2.35. The molecule has 0 aliphatic carbocycles. The van der Waals surface area contributed by atoms with Crippen molar-refractivity contribution in [2.24, 2.45) is 0 Å². The lowest BCUT2D eigenvalue weighted by atomic mass is 10.1. The number of rotatable bonds is 12. The van der Waals surface area contributed by atoms with Crippen molar-refractivity contribution in [3.63, 3.8) is 0 Å². The van der Waals surface area contributed by atoms with E-state index in [2.05, 4.69) is 5.32 Å². The summed E-state index contributed by atoms with van der Waals surface area (Å²) in [4.78, 5) is 29.0. The van der Waals surface area contributed by atoms with Gasteiger partial charge in [0, 0.05) is 23.2 Å². The highest BCUT2D eigenvalue weighted by atomic mass is 35.5. The van der Waals surface area contributed by atoms with Crippen molar-refractivity contribution in [2.75, 3.05) is 25.1 Å². The van der Waals surface area contributed by atoms with Gasteiger partial charge >= 0.3 is 0 Å². The van der Waals surface area contributed by atoms with Crippen LogP contribution in [0.4, 0.5) is 5.69 Å². The molecule has 11 heteroatoms. The van der Waals surface area contributed by atoms with E-state index in [1.807, 2.05) is 27.7 Å². The second kappa shape index (κ2) is 14.1. The van der Waals surface area contributed by atoms with Gasteiger partial charge < -0.3 is 19.7 Å². The zero-order chi connectivity index (χ0) is 31.9. The Kier molecular flexibility index (Phi) is 11.1. The van der Waals surface area contributed by atoms with E-state index in [0.717, 1.165) is 9.87 Å². The van der Waals surface area contributed by atoms with E-state index in [4.69, 9.17) is 21.1 Å². The normalized spacial score (nSPS) is 12.3. The Morgan fingerprint density at radius 1 is 0.953 bits per heavy atom. The number of hydrogen-bond acceptors (Lipinski definition) is 6. The summed E-state index contributed by atoms with van der Waals surface area (Å²) in [6.45, 7) is 8.69. The van der Waals surface area contributed by atoms with E-state index in [0.29, 0.717) is 28.4 Å². The number of carbonyl (C=O) groups excluding carboxylic acids is 2. The number of aryl methyl sites for hydroxylation is 1. The predicted octanol–water partition coefficient (Wildman–Crippen LogP) is 5.58. The number of nitrogens with zero attached hydrogens (tertiary/aromatic N) is 2. The molecule has 0 heterocycles. The van der Waals surface area contributed by atoms with Gasteiger partial charge in [0.1, 0.15) is 12.6 Å². The Morgan fingerprint density at radius 3 is 2.14 bits per heavy atom. The van der Waals surface area contributed by atoms with Crippen LogP contribution in [0, 0.1) is 6.92 Å². The molecule has 0 spiro atoms. The Labute approximate surface area is 259 Å². The molecular weight excluding hydrogens is 590 g/mol. The van der Waals surface area contributed by atoms with Crippen molar-refractivity contribution in [3.05, 3.63) is 82.9 Å². The quantitative estimate of drug-likeness (QED) is 0.280. The second-order valence-electron chi connectivity index (χ2n) is 11.1. The van der Waals surface area contributed by atoms with E-state index in [1.165, 1.54) is 37.3 Å². The molecular formula is C32H40ClN3O6S. The SMILES string of the molecule is CCC(C(=O)NC(C)(C)C)N(Cc1ccccc1Cl)C(=O)CN(c1ccc(C)cc1)S(=O)(=O)c1ccc(OC)c(OC)c1. The molecule has 3 aromatic carbocycles. The monoisotopic (exact) mass is 629 g/mol. The second-order valence-corrected chi connectivity index (χ2v) is 13.4. The van der Waals surface area contributed by atoms with E-state index in [1.54, 1.807) is 55.5 Å². The standard InChI is InChI=1S/C32H40ClN3O6S/c1-8-27(31(38)34-32(3,4)5)35(20-23-11-9-10-12-26(23)33)30(37)21-36(24-15-13-22(2)14-16-24)43(39,40)25-17-18-28(41-6)29(19-25)42-7/h9-19,27H,8,20-21H2,1-7H3,(H,34,38). The summed E-state index contributed by atoms with van der Waals surface area (Å²) < 4.78 is 40.0. The lowest BCUT2D eigenvalue weighted by molar-refractivity contribution is -0.141. The number of hydrogen-bond donors (Lipinski definition) is 1. The van der Waals surface area contributed by atoms with Crippen LogP contribution >= 0.6 is 11.6 Å². The molecule has 0 saturated heterocycles. The molecule has 0 bridgehead atoms. The number of halogens is 1. The largest absolute Gasteiger partial charge is 0.493 e. The fourth-order valence-corrected chi connectivity index (χ4v) is 6.15. The van der Waals surface area contributed by atoms with Crippen LogP contribution in [-0.2, 0) is 26.2 Å². The van der Waals surface area contributed by atoms with Crippen molar-refractivity contribution in [2.45, 2.75) is 64.1 Å². The molecule has 1 atom stereocenters. The number of benzene rings is 3. The van der Waals surface area contributed by atoms with Gasteiger partial charge in [0.05, 0.1) is 24.8 Å². The zero-order valence-corrected chi connectivity index (χ0v) is 27.3. The molecule has 0 aliphatic rings. The minimum absolute atomic E-state index is 0.00667. The number of anilines is 1. The molecule has 1 unspecified atom stereocenters. The first-order valence-electron chi connectivity index (χ1n) is 13.9. The lowest BCUT2D eigenvalue weighted by Crippen LogP contribution is -2.55. The third kappa shape index (κ3) is 8.42. The van der Waals surface area contributed by atoms with Crippen molar-refractivity contribution in [3.8, 4) is 11.5 Å². The zero-order valence-electron chi connectivity index (χ0n) is 25.7. The Bertz CT molecular complexity index is 1540. The summed E-state index contributed by atoms with van der Waals surface area (Å²) in [5, 5.41) is 3.38. The minimum atomic E-state index is -4.29. The van der Waals surface area contributed by atoms with E-state index >= 15 is 0 Å². The van der Waals surface area contributed by atoms with Gasteiger partial charge in [-0.05, 0) is 70.0 Å². The van der Waals surface area contributed by atoms with Gasteiger partial charge in [0.25, 0.3) is 10.0 Å². The molecule has 232 valence electrons. The molecule has 2 amide bonds. The first-order valence-corrected chi connectivity index (χ1v) is 15.7. The molecule has 1 N–H and O–H groups in total. The van der Waals surface area contributed by atoms with Crippen LogP contribution in [-0.4, -0.2) is 57.5 Å². The van der Waals surface area contributed by atoms with Gasteiger partial charge in [-0.3, -0.25) is 13.9 Å². The van der Waals surface area contributed by atoms with Crippen LogP contribution in [0.2, 0.25) is 5.02 Å². The van der Waals surface area contributed by atoms with Crippen LogP contribution in [0.1, 0.15) is 45.2 Å². The Morgan fingerprint density at radius 2 is 1.58 bits per heavy atom. The summed E-state index contributed by atoms with van der Waals surface area (Å²) in [6, 6.07) is 17.2. The van der Waals surface area contributed by atoms with E-state index in [9.17, 15) is 18.0 Å². The number of nitrogens with one attached hydrogen (secondary N) is 1. The molecule has 0 radical (unpaired) electrons. The van der Waals surface area contributed by atoms with Gasteiger partial charge in [-0.15, -0.1) is 0 Å². The summed E-state index contributed by atoms with van der Waals surface area (Å²) in [5.41, 5.74) is 1.29. The van der Waals surface area contributed by atoms with Gasteiger partial charge in [-0.2, -0.15) is 0 Å².